The summed E-state index contributed by atoms with van der Waals surface area (Å²) in [5.74, 6) is 1.99. The summed E-state index contributed by atoms with van der Waals surface area (Å²) in [5, 5.41) is 2.94. The fourth-order valence-electron chi connectivity index (χ4n) is 2.79. The number of carbonyl (C=O) groups is 1. The number of nitrogens with one attached hydrogen (secondary N) is 1. The van der Waals surface area contributed by atoms with Gasteiger partial charge in [-0.15, -0.1) is 0 Å². The molecule has 3 rings (SSSR count). The Hall–Kier alpha value is -1.75. The average Bonchev–Trinajstić information content (AvgIpc) is 2.83. The van der Waals surface area contributed by atoms with Gasteiger partial charge in [-0.25, -0.2) is 0 Å². The Morgan fingerprint density at radius 3 is 2.90 bits per heavy atom. The molecule has 1 aromatic rings. The van der Waals surface area contributed by atoms with Crippen LogP contribution in [0.3, 0.4) is 0 Å². The van der Waals surface area contributed by atoms with E-state index in [1.54, 1.807) is 0 Å². The van der Waals surface area contributed by atoms with Crippen molar-refractivity contribution >= 4 is 11.6 Å². The number of likely N-dealkylation sites (tertiary alicyclic amines) is 1. The highest BCUT2D eigenvalue weighted by Gasteiger charge is 2.22. The van der Waals surface area contributed by atoms with Crippen molar-refractivity contribution in [3.63, 3.8) is 0 Å². The quantitative estimate of drug-likeness (QED) is 0.913. The van der Waals surface area contributed by atoms with Crippen LogP contribution in [0.25, 0.3) is 0 Å². The van der Waals surface area contributed by atoms with Crippen molar-refractivity contribution in [2.24, 2.45) is 5.92 Å². The Morgan fingerprint density at radius 1 is 1.35 bits per heavy atom. The molecule has 0 radical (unpaired) electrons. The standard InChI is InChI=1S/C15H20N2O3/c1-17-5-4-11(10-17)8-15(18)16-12-2-3-13-14(9-12)20-7-6-19-13/h2-3,9,11H,4-8,10H2,1H3,(H,16,18). The molecule has 5 heteroatoms. The molecule has 1 unspecified atom stereocenters. The summed E-state index contributed by atoms with van der Waals surface area (Å²) >= 11 is 0. The first-order chi connectivity index (χ1) is 9.70. The third kappa shape index (κ3) is 3.04. The second-order valence-electron chi connectivity index (χ2n) is 5.53. The van der Waals surface area contributed by atoms with E-state index in [1.807, 2.05) is 18.2 Å². The molecule has 2 aliphatic heterocycles. The van der Waals surface area contributed by atoms with Gasteiger partial charge in [0, 0.05) is 24.7 Å². The molecule has 1 amide bonds. The summed E-state index contributed by atoms with van der Waals surface area (Å²) in [4.78, 5) is 14.3. The highest BCUT2D eigenvalue weighted by atomic mass is 16.6. The zero-order valence-corrected chi connectivity index (χ0v) is 11.7. The van der Waals surface area contributed by atoms with Crippen LogP contribution in [0.1, 0.15) is 12.8 Å². The van der Waals surface area contributed by atoms with Gasteiger partial charge < -0.3 is 19.7 Å². The Labute approximate surface area is 118 Å². The number of amides is 1. The average molecular weight is 276 g/mol. The number of fused-ring (bicyclic) bond motifs is 1. The maximum absolute atomic E-state index is 12.0. The molecular formula is C15H20N2O3. The van der Waals surface area contributed by atoms with Crippen LogP contribution in [0, 0.1) is 5.92 Å². The zero-order chi connectivity index (χ0) is 13.9. The molecule has 2 aliphatic rings. The summed E-state index contributed by atoms with van der Waals surface area (Å²) in [7, 11) is 2.10. The lowest BCUT2D eigenvalue weighted by atomic mass is 10.0. The van der Waals surface area contributed by atoms with Crippen LogP contribution in [-0.2, 0) is 4.79 Å². The third-order valence-electron chi connectivity index (χ3n) is 3.79. The van der Waals surface area contributed by atoms with Crippen LogP contribution in [0.4, 0.5) is 5.69 Å². The molecule has 0 spiro atoms. The Balaban J connectivity index is 1.58. The highest BCUT2D eigenvalue weighted by Crippen LogP contribution is 2.32. The van der Waals surface area contributed by atoms with E-state index < -0.39 is 0 Å². The smallest absolute Gasteiger partial charge is 0.224 e. The lowest BCUT2D eigenvalue weighted by Crippen LogP contribution is -2.20. The lowest BCUT2D eigenvalue weighted by molar-refractivity contribution is -0.117. The van der Waals surface area contributed by atoms with Gasteiger partial charge in [-0.1, -0.05) is 0 Å². The van der Waals surface area contributed by atoms with Crippen LogP contribution in [0.5, 0.6) is 11.5 Å². The highest BCUT2D eigenvalue weighted by molar-refractivity contribution is 5.91. The zero-order valence-electron chi connectivity index (χ0n) is 11.7. The van der Waals surface area contributed by atoms with Crippen molar-refractivity contribution in [1.82, 2.24) is 4.90 Å². The number of benzene rings is 1. The minimum Gasteiger partial charge on any atom is -0.486 e. The lowest BCUT2D eigenvalue weighted by Gasteiger charge is -2.19. The fourth-order valence-corrected chi connectivity index (χ4v) is 2.79. The summed E-state index contributed by atoms with van der Waals surface area (Å²) < 4.78 is 11.0. The molecule has 2 heterocycles. The van der Waals surface area contributed by atoms with Crippen molar-refractivity contribution in [1.29, 1.82) is 0 Å². The predicted octanol–water partition coefficient (Wildman–Crippen LogP) is 1.74. The number of anilines is 1. The predicted molar refractivity (Wildman–Crippen MR) is 76.3 cm³/mol. The molecule has 1 saturated heterocycles. The van der Waals surface area contributed by atoms with Crippen molar-refractivity contribution in [2.45, 2.75) is 12.8 Å². The molecular weight excluding hydrogens is 256 g/mol. The molecule has 0 aromatic heterocycles. The van der Waals surface area contributed by atoms with E-state index in [2.05, 4.69) is 17.3 Å². The molecule has 0 bridgehead atoms. The number of rotatable bonds is 3. The molecule has 108 valence electrons. The first-order valence-corrected chi connectivity index (χ1v) is 7.09. The maximum atomic E-state index is 12.0. The van der Waals surface area contributed by atoms with E-state index in [4.69, 9.17) is 9.47 Å². The third-order valence-corrected chi connectivity index (χ3v) is 3.79. The number of hydrogen-bond donors (Lipinski definition) is 1. The Kier molecular flexibility index (Phi) is 3.78. The Morgan fingerprint density at radius 2 is 2.15 bits per heavy atom. The number of carbonyl (C=O) groups excluding carboxylic acids is 1. The van der Waals surface area contributed by atoms with Crippen LogP contribution in [0.2, 0.25) is 0 Å². The van der Waals surface area contributed by atoms with E-state index >= 15 is 0 Å². The van der Waals surface area contributed by atoms with E-state index in [0.717, 1.165) is 30.9 Å². The van der Waals surface area contributed by atoms with Gasteiger partial charge in [0.25, 0.3) is 0 Å². The normalized spacial score (nSPS) is 21.8. The first-order valence-electron chi connectivity index (χ1n) is 7.09. The van der Waals surface area contributed by atoms with Gasteiger partial charge in [-0.3, -0.25) is 4.79 Å². The second-order valence-corrected chi connectivity index (χ2v) is 5.53. The minimum absolute atomic E-state index is 0.0713. The number of ether oxygens (including phenoxy) is 2. The Bertz CT molecular complexity index is 504. The number of hydrogen-bond acceptors (Lipinski definition) is 4. The van der Waals surface area contributed by atoms with E-state index in [9.17, 15) is 4.79 Å². The summed E-state index contributed by atoms with van der Waals surface area (Å²) in [6, 6.07) is 5.52. The largest absolute Gasteiger partial charge is 0.486 e. The van der Waals surface area contributed by atoms with Gasteiger partial charge in [0.2, 0.25) is 5.91 Å². The van der Waals surface area contributed by atoms with Crippen molar-refractivity contribution in [3.05, 3.63) is 18.2 Å². The molecule has 1 atom stereocenters. The SMILES string of the molecule is CN1CCC(CC(=O)Nc2ccc3c(c2)OCCO3)C1. The van der Waals surface area contributed by atoms with Gasteiger partial charge in [0.05, 0.1) is 0 Å². The minimum atomic E-state index is 0.0713. The van der Waals surface area contributed by atoms with Gasteiger partial charge in [-0.05, 0) is 38.1 Å². The van der Waals surface area contributed by atoms with E-state index in [-0.39, 0.29) is 5.91 Å². The molecule has 0 aliphatic carbocycles. The molecule has 1 N–H and O–H groups in total. The molecule has 20 heavy (non-hydrogen) atoms. The van der Waals surface area contributed by atoms with Crippen LogP contribution in [0.15, 0.2) is 18.2 Å². The molecule has 5 nitrogen and oxygen atoms in total. The molecule has 1 fully saturated rings. The van der Waals surface area contributed by atoms with Crippen LogP contribution in [-0.4, -0.2) is 44.2 Å². The van der Waals surface area contributed by atoms with Gasteiger partial charge in [0.15, 0.2) is 11.5 Å². The van der Waals surface area contributed by atoms with Crippen molar-refractivity contribution in [2.75, 3.05) is 38.7 Å². The topological polar surface area (TPSA) is 50.8 Å². The number of nitrogens with zero attached hydrogens (tertiary/aromatic N) is 1. The van der Waals surface area contributed by atoms with Crippen LogP contribution >= 0.6 is 0 Å². The van der Waals surface area contributed by atoms with Crippen molar-refractivity contribution < 1.29 is 14.3 Å². The maximum Gasteiger partial charge on any atom is 0.224 e. The molecule has 0 saturated carbocycles. The molecule has 1 aromatic carbocycles. The first kappa shape index (κ1) is 13.2. The monoisotopic (exact) mass is 276 g/mol. The second kappa shape index (κ2) is 5.71. The van der Waals surface area contributed by atoms with E-state index in [0.29, 0.717) is 31.3 Å². The summed E-state index contributed by atoms with van der Waals surface area (Å²) in [6.07, 6.45) is 1.68. The van der Waals surface area contributed by atoms with E-state index in [1.165, 1.54) is 0 Å². The van der Waals surface area contributed by atoms with Gasteiger partial charge in [-0.2, -0.15) is 0 Å². The van der Waals surface area contributed by atoms with Gasteiger partial charge in [0.1, 0.15) is 13.2 Å². The fraction of sp³-hybridized carbons (Fsp3) is 0.533. The summed E-state index contributed by atoms with van der Waals surface area (Å²) in [6.45, 7) is 3.23. The summed E-state index contributed by atoms with van der Waals surface area (Å²) in [5.41, 5.74) is 0.769. The van der Waals surface area contributed by atoms with Crippen molar-refractivity contribution in [3.8, 4) is 11.5 Å². The van der Waals surface area contributed by atoms with Crippen LogP contribution < -0.4 is 14.8 Å². The van der Waals surface area contributed by atoms with Gasteiger partial charge >= 0.3 is 0 Å².